The maximum atomic E-state index is 13.5. The van der Waals surface area contributed by atoms with Gasteiger partial charge in [0.15, 0.2) is 0 Å². The van der Waals surface area contributed by atoms with Crippen LogP contribution in [0.4, 0.5) is 0 Å². The minimum Gasteiger partial charge on any atom is -0.347 e. The average Bonchev–Trinajstić information content (AvgIpc) is 3.22. The molecule has 7 heteroatoms. The van der Waals surface area contributed by atoms with E-state index in [4.69, 9.17) is 0 Å². The highest BCUT2D eigenvalue weighted by atomic mass is 16.2. The zero-order valence-electron chi connectivity index (χ0n) is 19.2. The van der Waals surface area contributed by atoms with Gasteiger partial charge in [0.1, 0.15) is 12.1 Å². The molecule has 0 aromatic heterocycles. The van der Waals surface area contributed by atoms with Crippen LogP contribution in [0.1, 0.15) is 75.5 Å². The number of carbonyl (C=O) groups is 3. The summed E-state index contributed by atoms with van der Waals surface area (Å²) in [6, 6.07) is 7.01. The minimum absolute atomic E-state index is 0.00309. The monoisotopic (exact) mass is 440 g/mol. The molecular weight excluding hydrogens is 404 g/mol. The standard InChI is InChI=1S/C25H36N4O3/c1-16(26-2)23(30)28-21-12-6-4-10-18-14-15-22(29(18)25(21)32)24(31)27-20-13-7-9-17-8-3-5-11-19(17)20/h3,5,8,11,16,18,20-22,26H,4,6-7,9-10,12-15H2,1-2H3,(H,27,31)(H,28,30)/t16?,18-,20-,21+,22+/m1/s1. The Labute approximate surface area is 190 Å². The molecule has 32 heavy (non-hydrogen) atoms. The molecule has 5 atom stereocenters. The molecule has 0 saturated carbocycles. The van der Waals surface area contributed by atoms with Crippen LogP contribution in [0.2, 0.25) is 0 Å². The molecule has 2 saturated heterocycles. The van der Waals surface area contributed by atoms with Gasteiger partial charge >= 0.3 is 0 Å². The van der Waals surface area contributed by atoms with Crippen molar-refractivity contribution in [3.63, 3.8) is 0 Å². The summed E-state index contributed by atoms with van der Waals surface area (Å²) in [5, 5.41) is 9.11. The summed E-state index contributed by atoms with van der Waals surface area (Å²) < 4.78 is 0. The molecule has 3 aliphatic rings. The van der Waals surface area contributed by atoms with Crippen LogP contribution in [0, 0.1) is 0 Å². The molecule has 2 aliphatic heterocycles. The Morgan fingerprint density at radius 2 is 1.72 bits per heavy atom. The van der Waals surface area contributed by atoms with Crippen LogP contribution >= 0.6 is 0 Å². The highest BCUT2D eigenvalue weighted by Crippen LogP contribution is 2.33. The molecule has 2 heterocycles. The van der Waals surface area contributed by atoms with E-state index in [2.05, 4.69) is 28.1 Å². The van der Waals surface area contributed by atoms with E-state index >= 15 is 0 Å². The van der Waals surface area contributed by atoms with E-state index < -0.39 is 12.1 Å². The van der Waals surface area contributed by atoms with E-state index in [1.165, 1.54) is 11.1 Å². The molecule has 4 rings (SSSR count). The highest BCUT2D eigenvalue weighted by molar-refractivity contribution is 5.93. The first-order valence-electron chi connectivity index (χ1n) is 12.2. The molecule has 174 valence electrons. The molecule has 3 amide bonds. The van der Waals surface area contributed by atoms with Crippen molar-refractivity contribution in [3.8, 4) is 0 Å². The van der Waals surface area contributed by atoms with Crippen molar-refractivity contribution < 1.29 is 14.4 Å². The van der Waals surface area contributed by atoms with Crippen LogP contribution < -0.4 is 16.0 Å². The summed E-state index contributed by atoms with van der Waals surface area (Å²) in [6.45, 7) is 1.78. The lowest BCUT2D eigenvalue weighted by Gasteiger charge is -2.36. The van der Waals surface area contributed by atoms with Gasteiger partial charge in [0, 0.05) is 6.04 Å². The molecule has 1 aromatic rings. The van der Waals surface area contributed by atoms with E-state index in [-0.39, 0.29) is 35.8 Å². The topological polar surface area (TPSA) is 90.5 Å². The second-order valence-corrected chi connectivity index (χ2v) is 9.50. The number of hydrogen-bond donors (Lipinski definition) is 3. The average molecular weight is 441 g/mol. The van der Waals surface area contributed by atoms with Crippen LogP contribution in [0.5, 0.6) is 0 Å². The Morgan fingerprint density at radius 1 is 0.969 bits per heavy atom. The molecule has 1 unspecified atom stereocenters. The van der Waals surface area contributed by atoms with E-state index in [0.717, 1.165) is 44.9 Å². The number of aryl methyl sites for hydroxylation is 1. The molecule has 7 nitrogen and oxygen atoms in total. The normalized spacial score (nSPS) is 28.7. The Balaban J connectivity index is 1.49. The van der Waals surface area contributed by atoms with E-state index in [9.17, 15) is 14.4 Å². The van der Waals surface area contributed by atoms with Gasteiger partial charge in [-0.3, -0.25) is 14.4 Å². The zero-order chi connectivity index (χ0) is 22.7. The summed E-state index contributed by atoms with van der Waals surface area (Å²) in [5.41, 5.74) is 2.50. The summed E-state index contributed by atoms with van der Waals surface area (Å²) in [6.07, 6.45) is 8.01. The summed E-state index contributed by atoms with van der Waals surface area (Å²) in [7, 11) is 1.73. The van der Waals surface area contributed by atoms with Crippen LogP contribution in [-0.4, -0.2) is 53.8 Å². The SMILES string of the molecule is CNC(C)C(=O)N[C@H]1CCCC[C@@H]2CC[C@@H](C(=O)N[C@@H]3CCCc4ccccc43)N2C1=O. The minimum atomic E-state index is -0.565. The molecule has 0 radical (unpaired) electrons. The van der Waals surface area contributed by atoms with Gasteiger partial charge in [-0.15, -0.1) is 0 Å². The highest BCUT2D eigenvalue weighted by Gasteiger charge is 2.44. The fraction of sp³-hybridized carbons (Fsp3) is 0.640. The van der Waals surface area contributed by atoms with Crippen molar-refractivity contribution >= 4 is 17.7 Å². The Bertz CT molecular complexity index is 857. The lowest BCUT2D eigenvalue weighted by Crippen LogP contribution is -2.58. The number of benzene rings is 1. The number of fused-ring (bicyclic) bond motifs is 2. The van der Waals surface area contributed by atoms with Gasteiger partial charge in [0.2, 0.25) is 17.7 Å². The third-order valence-corrected chi connectivity index (χ3v) is 7.47. The zero-order valence-corrected chi connectivity index (χ0v) is 19.2. The molecule has 0 spiro atoms. The summed E-state index contributed by atoms with van der Waals surface area (Å²) >= 11 is 0. The lowest BCUT2D eigenvalue weighted by molar-refractivity contribution is -0.144. The second-order valence-electron chi connectivity index (χ2n) is 9.50. The van der Waals surface area contributed by atoms with Gasteiger partial charge in [-0.2, -0.15) is 0 Å². The van der Waals surface area contributed by atoms with Crippen LogP contribution in [0.3, 0.4) is 0 Å². The number of nitrogens with one attached hydrogen (secondary N) is 3. The number of rotatable bonds is 5. The summed E-state index contributed by atoms with van der Waals surface area (Å²) in [4.78, 5) is 41.2. The van der Waals surface area contributed by atoms with Crippen molar-refractivity contribution in [2.24, 2.45) is 0 Å². The van der Waals surface area contributed by atoms with Crippen LogP contribution in [0.25, 0.3) is 0 Å². The quantitative estimate of drug-likeness (QED) is 0.655. The van der Waals surface area contributed by atoms with Crippen LogP contribution in [-0.2, 0) is 20.8 Å². The van der Waals surface area contributed by atoms with E-state index in [1.807, 2.05) is 12.1 Å². The van der Waals surface area contributed by atoms with Gasteiger partial charge in [-0.25, -0.2) is 0 Å². The molecule has 0 bridgehead atoms. The number of likely N-dealkylation sites (N-methyl/N-ethyl adjacent to an activating group) is 1. The molecular formula is C25H36N4O3. The third-order valence-electron chi connectivity index (χ3n) is 7.47. The Morgan fingerprint density at radius 3 is 2.53 bits per heavy atom. The van der Waals surface area contributed by atoms with Gasteiger partial charge in [0.25, 0.3) is 0 Å². The van der Waals surface area contributed by atoms with Crippen molar-refractivity contribution in [2.75, 3.05) is 7.05 Å². The van der Waals surface area contributed by atoms with Crippen molar-refractivity contribution in [1.82, 2.24) is 20.9 Å². The molecule has 1 aliphatic carbocycles. The fourth-order valence-electron chi connectivity index (χ4n) is 5.52. The van der Waals surface area contributed by atoms with E-state index in [1.54, 1.807) is 18.9 Å². The van der Waals surface area contributed by atoms with Gasteiger partial charge in [0.05, 0.1) is 12.1 Å². The predicted octanol–water partition coefficient (Wildman–Crippen LogP) is 2.21. The third kappa shape index (κ3) is 4.68. The number of carbonyl (C=O) groups excluding carboxylic acids is 3. The van der Waals surface area contributed by atoms with E-state index in [0.29, 0.717) is 12.8 Å². The first-order chi connectivity index (χ1) is 15.5. The fourth-order valence-corrected chi connectivity index (χ4v) is 5.52. The Hall–Kier alpha value is -2.41. The van der Waals surface area contributed by atoms with Gasteiger partial charge in [-0.05, 0) is 70.0 Å². The summed E-state index contributed by atoms with van der Waals surface area (Å²) in [5.74, 6) is -0.341. The number of nitrogens with zero attached hydrogens (tertiary/aromatic N) is 1. The lowest BCUT2D eigenvalue weighted by atomic mass is 9.87. The smallest absolute Gasteiger partial charge is 0.246 e. The van der Waals surface area contributed by atoms with Crippen LogP contribution in [0.15, 0.2) is 24.3 Å². The van der Waals surface area contributed by atoms with Gasteiger partial charge < -0.3 is 20.9 Å². The van der Waals surface area contributed by atoms with Crippen molar-refractivity contribution in [3.05, 3.63) is 35.4 Å². The maximum absolute atomic E-state index is 13.5. The predicted molar refractivity (Wildman–Crippen MR) is 123 cm³/mol. The first-order valence-corrected chi connectivity index (χ1v) is 12.2. The first kappa shape index (κ1) is 22.8. The molecule has 1 aromatic carbocycles. The van der Waals surface area contributed by atoms with Crippen molar-refractivity contribution in [2.45, 2.75) is 94.9 Å². The number of amides is 3. The number of hydrogen-bond acceptors (Lipinski definition) is 4. The maximum Gasteiger partial charge on any atom is 0.246 e. The van der Waals surface area contributed by atoms with Crippen molar-refractivity contribution in [1.29, 1.82) is 0 Å². The second kappa shape index (κ2) is 10.0. The molecule has 2 fully saturated rings. The molecule has 3 N–H and O–H groups in total. The largest absolute Gasteiger partial charge is 0.347 e. The van der Waals surface area contributed by atoms with Gasteiger partial charge in [-0.1, -0.05) is 37.1 Å². The Kier molecular flexibility index (Phi) is 7.13.